The molecule has 2 heterocycles. The second-order valence-electron chi connectivity index (χ2n) is 7.28. The average Bonchev–Trinajstić information content (AvgIpc) is 2.79. The van der Waals surface area contributed by atoms with Crippen molar-refractivity contribution in [2.75, 3.05) is 38.2 Å². The van der Waals surface area contributed by atoms with Crippen LogP contribution in [0.4, 0.5) is 10.2 Å². The predicted molar refractivity (Wildman–Crippen MR) is 116 cm³/mol. The number of ether oxygens (including phenoxy) is 1. The third-order valence-corrected chi connectivity index (χ3v) is 7.30. The molecular weight excluding hydrogens is 419 g/mol. The molecule has 4 rings (SSSR count). The van der Waals surface area contributed by atoms with Gasteiger partial charge in [0, 0.05) is 31.7 Å². The van der Waals surface area contributed by atoms with Gasteiger partial charge in [0.05, 0.1) is 12.8 Å². The van der Waals surface area contributed by atoms with Crippen molar-refractivity contribution in [3.8, 4) is 17.0 Å². The third kappa shape index (κ3) is 4.24. The summed E-state index contributed by atoms with van der Waals surface area (Å²) in [5, 5.41) is 8.69. The van der Waals surface area contributed by atoms with Crippen LogP contribution in [0.3, 0.4) is 0 Å². The highest BCUT2D eigenvalue weighted by Crippen LogP contribution is 2.29. The fourth-order valence-corrected chi connectivity index (χ4v) is 5.24. The fourth-order valence-electron chi connectivity index (χ4n) is 3.65. The number of sulfonamides is 1. The van der Waals surface area contributed by atoms with E-state index < -0.39 is 15.8 Å². The molecule has 162 valence electrons. The van der Waals surface area contributed by atoms with E-state index in [0.29, 0.717) is 18.9 Å². The monoisotopic (exact) mass is 442 g/mol. The standard InChI is InChI=1S/C22H23FN4O3S/c1-16-5-3-4-6-18(16)19-8-10-22(25-24-19)26-11-13-27(14-12-26)31(28,29)21-15-17(23)7-9-20(21)30-2/h3-10,15H,11-14H2,1-2H3. The molecule has 0 unspecified atom stereocenters. The molecule has 0 bridgehead atoms. The molecule has 0 radical (unpaired) electrons. The van der Waals surface area contributed by atoms with Crippen LogP contribution in [0.5, 0.6) is 5.75 Å². The SMILES string of the molecule is COc1ccc(F)cc1S(=O)(=O)N1CCN(c2ccc(-c3ccccc3C)nn2)CC1. The van der Waals surface area contributed by atoms with Crippen LogP contribution < -0.4 is 9.64 Å². The lowest BCUT2D eigenvalue weighted by atomic mass is 10.1. The smallest absolute Gasteiger partial charge is 0.246 e. The fraction of sp³-hybridized carbons (Fsp3) is 0.273. The van der Waals surface area contributed by atoms with Gasteiger partial charge in [-0.3, -0.25) is 0 Å². The third-order valence-electron chi connectivity index (χ3n) is 5.38. The molecule has 31 heavy (non-hydrogen) atoms. The molecule has 0 aliphatic carbocycles. The van der Waals surface area contributed by atoms with E-state index in [1.807, 2.05) is 48.2 Å². The van der Waals surface area contributed by atoms with Crippen molar-refractivity contribution in [3.05, 3.63) is 66.0 Å². The van der Waals surface area contributed by atoms with Gasteiger partial charge in [0.2, 0.25) is 10.0 Å². The van der Waals surface area contributed by atoms with Gasteiger partial charge in [-0.05, 0) is 42.8 Å². The molecule has 0 saturated carbocycles. The summed E-state index contributed by atoms with van der Waals surface area (Å²) >= 11 is 0. The van der Waals surface area contributed by atoms with Crippen molar-refractivity contribution >= 4 is 15.8 Å². The molecule has 0 atom stereocenters. The number of rotatable bonds is 5. The molecule has 1 fully saturated rings. The zero-order chi connectivity index (χ0) is 22.0. The van der Waals surface area contributed by atoms with Gasteiger partial charge in [-0.2, -0.15) is 4.31 Å². The van der Waals surface area contributed by atoms with Gasteiger partial charge in [0.25, 0.3) is 0 Å². The van der Waals surface area contributed by atoms with E-state index in [4.69, 9.17) is 4.74 Å². The van der Waals surface area contributed by atoms with E-state index in [1.54, 1.807) is 0 Å². The highest BCUT2D eigenvalue weighted by molar-refractivity contribution is 7.89. The summed E-state index contributed by atoms with van der Waals surface area (Å²) in [6.07, 6.45) is 0. The second-order valence-corrected chi connectivity index (χ2v) is 9.18. The molecule has 0 N–H and O–H groups in total. The summed E-state index contributed by atoms with van der Waals surface area (Å²) in [5.41, 5.74) is 2.94. The molecule has 7 nitrogen and oxygen atoms in total. The minimum Gasteiger partial charge on any atom is -0.495 e. The summed E-state index contributed by atoms with van der Waals surface area (Å²) in [6, 6.07) is 15.3. The maximum absolute atomic E-state index is 13.7. The minimum absolute atomic E-state index is 0.126. The van der Waals surface area contributed by atoms with Gasteiger partial charge in [-0.15, -0.1) is 10.2 Å². The number of benzene rings is 2. The summed E-state index contributed by atoms with van der Waals surface area (Å²) < 4.78 is 46.2. The van der Waals surface area contributed by atoms with Gasteiger partial charge < -0.3 is 9.64 Å². The molecule has 3 aromatic rings. The van der Waals surface area contributed by atoms with Crippen LogP contribution in [0.25, 0.3) is 11.3 Å². The highest BCUT2D eigenvalue weighted by atomic mass is 32.2. The van der Waals surface area contributed by atoms with E-state index in [2.05, 4.69) is 10.2 Å². The molecule has 1 aliphatic rings. The predicted octanol–water partition coefficient (Wildman–Crippen LogP) is 3.11. The number of halogens is 1. The van der Waals surface area contributed by atoms with Crippen LogP contribution >= 0.6 is 0 Å². The Morgan fingerprint density at radius 2 is 1.71 bits per heavy atom. The van der Waals surface area contributed by atoms with E-state index >= 15 is 0 Å². The molecule has 2 aromatic carbocycles. The molecule has 9 heteroatoms. The Morgan fingerprint density at radius 1 is 0.968 bits per heavy atom. The second kappa shape index (κ2) is 8.60. The van der Waals surface area contributed by atoms with E-state index in [-0.39, 0.29) is 23.7 Å². The Morgan fingerprint density at radius 3 is 2.35 bits per heavy atom. The van der Waals surface area contributed by atoms with Gasteiger partial charge in [-0.1, -0.05) is 24.3 Å². The van der Waals surface area contributed by atoms with Gasteiger partial charge in [0.15, 0.2) is 5.82 Å². The van der Waals surface area contributed by atoms with E-state index in [1.165, 1.54) is 23.5 Å². The lowest BCUT2D eigenvalue weighted by Crippen LogP contribution is -2.49. The molecule has 1 aliphatic heterocycles. The zero-order valence-corrected chi connectivity index (χ0v) is 18.1. The van der Waals surface area contributed by atoms with Crippen LogP contribution in [-0.4, -0.2) is 56.2 Å². The first-order valence-corrected chi connectivity index (χ1v) is 11.3. The number of aryl methyl sites for hydroxylation is 1. The van der Waals surface area contributed by atoms with Gasteiger partial charge in [0.1, 0.15) is 16.5 Å². The Bertz CT molecular complexity index is 1180. The summed E-state index contributed by atoms with van der Waals surface area (Å²) in [5.74, 6) is 0.196. The number of anilines is 1. The van der Waals surface area contributed by atoms with Crippen molar-refractivity contribution in [1.29, 1.82) is 0 Å². The normalized spacial score (nSPS) is 15.1. The van der Waals surface area contributed by atoms with Crippen LogP contribution in [0.2, 0.25) is 0 Å². The molecular formula is C22H23FN4O3S. The first-order valence-electron chi connectivity index (χ1n) is 9.88. The maximum atomic E-state index is 13.7. The van der Waals surface area contributed by atoms with Crippen molar-refractivity contribution in [3.63, 3.8) is 0 Å². The van der Waals surface area contributed by atoms with Crippen LogP contribution in [0, 0.1) is 12.7 Å². The summed E-state index contributed by atoms with van der Waals surface area (Å²) in [4.78, 5) is 1.83. The van der Waals surface area contributed by atoms with Crippen molar-refractivity contribution in [1.82, 2.24) is 14.5 Å². The lowest BCUT2D eigenvalue weighted by molar-refractivity contribution is 0.372. The van der Waals surface area contributed by atoms with E-state index in [9.17, 15) is 12.8 Å². The van der Waals surface area contributed by atoms with Gasteiger partial charge in [-0.25, -0.2) is 12.8 Å². The van der Waals surface area contributed by atoms with Crippen molar-refractivity contribution < 1.29 is 17.5 Å². The molecule has 0 amide bonds. The van der Waals surface area contributed by atoms with Crippen LogP contribution in [-0.2, 0) is 10.0 Å². The molecule has 1 saturated heterocycles. The number of piperazine rings is 1. The number of hydrogen-bond donors (Lipinski definition) is 0. The Hall–Kier alpha value is -3.04. The first-order chi connectivity index (χ1) is 14.9. The topological polar surface area (TPSA) is 75.6 Å². The summed E-state index contributed by atoms with van der Waals surface area (Å²) in [6.45, 7) is 3.44. The zero-order valence-electron chi connectivity index (χ0n) is 17.3. The minimum atomic E-state index is -3.87. The largest absolute Gasteiger partial charge is 0.495 e. The number of nitrogens with zero attached hydrogens (tertiary/aromatic N) is 4. The van der Waals surface area contributed by atoms with Crippen molar-refractivity contribution in [2.24, 2.45) is 0 Å². The number of methoxy groups -OCH3 is 1. The highest BCUT2D eigenvalue weighted by Gasteiger charge is 2.31. The Labute approximate surface area is 181 Å². The molecule has 0 spiro atoms. The first kappa shape index (κ1) is 21.2. The van der Waals surface area contributed by atoms with Gasteiger partial charge >= 0.3 is 0 Å². The lowest BCUT2D eigenvalue weighted by Gasteiger charge is -2.34. The quantitative estimate of drug-likeness (QED) is 0.604. The summed E-state index contributed by atoms with van der Waals surface area (Å²) in [7, 11) is -2.51. The number of aromatic nitrogens is 2. The Balaban J connectivity index is 1.48. The average molecular weight is 443 g/mol. The van der Waals surface area contributed by atoms with Crippen molar-refractivity contribution in [2.45, 2.75) is 11.8 Å². The number of hydrogen-bond acceptors (Lipinski definition) is 6. The van der Waals surface area contributed by atoms with E-state index in [0.717, 1.165) is 22.9 Å². The Kier molecular flexibility index (Phi) is 5.88. The maximum Gasteiger partial charge on any atom is 0.246 e. The van der Waals surface area contributed by atoms with Crippen LogP contribution in [0.1, 0.15) is 5.56 Å². The molecule has 1 aromatic heterocycles. The van der Waals surface area contributed by atoms with Crippen LogP contribution in [0.15, 0.2) is 59.5 Å².